The fourth-order valence-electron chi connectivity index (χ4n) is 2.30. The molecule has 0 atom stereocenters. The second kappa shape index (κ2) is 6.74. The van der Waals surface area contributed by atoms with E-state index in [1.807, 2.05) is 18.4 Å². The van der Waals surface area contributed by atoms with E-state index in [0.29, 0.717) is 20.7 Å². The Hall–Kier alpha value is -1.38. The molecule has 2 aromatic carbocycles. The number of aromatic nitrogens is 2. The molecule has 9 heteroatoms. The number of thioether (sulfide) groups is 1. The van der Waals surface area contributed by atoms with Gasteiger partial charge in [0.25, 0.3) is 5.91 Å². The molecule has 2 aromatic heterocycles. The summed E-state index contributed by atoms with van der Waals surface area (Å²) in [4.78, 5) is 21.5. The lowest BCUT2D eigenvalue weighted by molar-refractivity contribution is 0.102. The van der Waals surface area contributed by atoms with Gasteiger partial charge in [-0.3, -0.25) is 10.1 Å². The standard InChI is InChI=1S/C16H9Cl2N3OS3/c1-23-16-20-11-5-4-10-12(13(11)25-16)24-15(19-10)21-14(22)7-2-3-8(17)9(18)6-7/h2-6H,1H3,(H,19,21,22). The SMILES string of the molecule is CSc1nc2ccc3nc(NC(=O)c4ccc(Cl)c(Cl)c4)sc3c2s1. The van der Waals surface area contributed by atoms with Crippen molar-refractivity contribution in [3.8, 4) is 0 Å². The third-order valence-electron chi connectivity index (χ3n) is 3.47. The second-order valence-electron chi connectivity index (χ2n) is 5.05. The van der Waals surface area contributed by atoms with E-state index in [2.05, 4.69) is 15.3 Å². The van der Waals surface area contributed by atoms with Crippen LogP contribution in [-0.4, -0.2) is 22.1 Å². The number of rotatable bonds is 3. The highest BCUT2D eigenvalue weighted by molar-refractivity contribution is 8.00. The number of hydrogen-bond donors (Lipinski definition) is 1. The molecule has 0 spiro atoms. The predicted molar refractivity (Wildman–Crippen MR) is 109 cm³/mol. The third-order valence-corrected chi connectivity index (χ3v) is 7.42. The Bertz CT molecular complexity index is 1120. The first-order valence-corrected chi connectivity index (χ1v) is 10.7. The van der Waals surface area contributed by atoms with Gasteiger partial charge in [-0.15, -0.1) is 11.3 Å². The highest BCUT2D eigenvalue weighted by Gasteiger charge is 2.14. The minimum Gasteiger partial charge on any atom is -0.298 e. The summed E-state index contributed by atoms with van der Waals surface area (Å²) < 4.78 is 3.13. The van der Waals surface area contributed by atoms with E-state index >= 15 is 0 Å². The van der Waals surface area contributed by atoms with Crippen LogP contribution in [0.25, 0.3) is 20.4 Å². The maximum atomic E-state index is 12.4. The van der Waals surface area contributed by atoms with Gasteiger partial charge in [-0.1, -0.05) is 46.3 Å². The molecular weight excluding hydrogens is 417 g/mol. The van der Waals surface area contributed by atoms with E-state index in [-0.39, 0.29) is 5.91 Å². The molecule has 0 bridgehead atoms. The van der Waals surface area contributed by atoms with Crippen molar-refractivity contribution in [2.75, 3.05) is 11.6 Å². The maximum absolute atomic E-state index is 12.4. The van der Waals surface area contributed by atoms with E-state index in [4.69, 9.17) is 23.2 Å². The molecule has 1 N–H and O–H groups in total. The van der Waals surface area contributed by atoms with Gasteiger partial charge in [0.2, 0.25) is 0 Å². The van der Waals surface area contributed by atoms with Crippen LogP contribution in [-0.2, 0) is 0 Å². The summed E-state index contributed by atoms with van der Waals surface area (Å²) in [6.07, 6.45) is 2.00. The van der Waals surface area contributed by atoms with E-state index in [1.165, 1.54) is 11.3 Å². The highest BCUT2D eigenvalue weighted by atomic mass is 35.5. The van der Waals surface area contributed by atoms with Gasteiger partial charge >= 0.3 is 0 Å². The van der Waals surface area contributed by atoms with E-state index in [1.54, 1.807) is 41.3 Å². The van der Waals surface area contributed by atoms with Crippen LogP contribution in [0.4, 0.5) is 5.13 Å². The number of anilines is 1. The van der Waals surface area contributed by atoms with Gasteiger partial charge in [0, 0.05) is 5.56 Å². The summed E-state index contributed by atoms with van der Waals surface area (Å²) in [5.41, 5.74) is 2.23. The molecule has 0 aliphatic rings. The molecule has 25 heavy (non-hydrogen) atoms. The number of nitrogens with one attached hydrogen (secondary N) is 1. The minimum absolute atomic E-state index is 0.275. The number of halogens is 2. The lowest BCUT2D eigenvalue weighted by Crippen LogP contribution is -2.11. The summed E-state index contributed by atoms with van der Waals surface area (Å²) in [5.74, 6) is -0.275. The smallest absolute Gasteiger partial charge is 0.257 e. The molecule has 126 valence electrons. The summed E-state index contributed by atoms with van der Waals surface area (Å²) in [6, 6.07) is 8.65. The molecule has 0 aliphatic carbocycles. The predicted octanol–water partition coefficient (Wildman–Crippen LogP) is 6.19. The quantitative estimate of drug-likeness (QED) is 0.397. The van der Waals surface area contributed by atoms with Crippen LogP contribution < -0.4 is 5.32 Å². The van der Waals surface area contributed by atoms with E-state index < -0.39 is 0 Å². The molecule has 0 saturated carbocycles. The first-order chi connectivity index (χ1) is 12.0. The molecule has 0 unspecified atom stereocenters. The molecule has 0 aliphatic heterocycles. The Morgan fingerprint density at radius 3 is 2.48 bits per heavy atom. The van der Waals surface area contributed by atoms with Crippen LogP contribution in [0.1, 0.15) is 10.4 Å². The largest absolute Gasteiger partial charge is 0.298 e. The number of fused-ring (bicyclic) bond motifs is 3. The molecule has 4 aromatic rings. The van der Waals surface area contributed by atoms with Crippen molar-refractivity contribution < 1.29 is 4.79 Å². The third kappa shape index (κ3) is 3.22. The molecule has 0 radical (unpaired) electrons. The summed E-state index contributed by atoms with van der Waals surface area (Å²) in [5, 5.41) is 4.12. The maximum Gasteiger partial charge on any atom is 0.257 e. The Kier molecular flexibility index (Phi) is 4.59. The molecule has 0 fully saturated rings. The van der Waals surface area contributed by atoms with Crippen molar-refractivity contribution in [3.05, 3.63) is 45.9 Å². The Labute approximate surface area is 165 Å². The normalized spacial score (nSPS) is 11.3. The van der Waals surface area contributed by atoms with Crippen LogP contribution in [0.3, 0.4) is 0 Å². The van der Waals surface area contributed by atoms with Gasteiger partial charge in [-0.05, 0) is 36.6 Å². The van der Waals surface area contributed by atoms with Crippen molar-refractivity contribution in [1.82, 2.24) is 9.97 Å². The highest BCUT2D eigenvalue weighted by Crippen LogP contribution is 2.38. The average molecular weight is 426 g/mol. The monoisotopic (exact) mass is 425 g/mol. The Morgan fingerprint density at radius 1 is 1.04 bits per heavy atom. The van der Waals surface area contributed by atoms with Crippen LogP contribution in [0.2, 0.25) is 10.0 Å². The first-order valence-electron chi connectivity index (χ1n) is 7.05. The molecule has 4 nitrogen and oxygen atoms in total. The van der Waals surface area contributed by atoms with Crippen molar-refractivity contribution in [3.63, 3.8) is 0 Å². The molecule has 4 rings (SSSR count). The van der Waals surface area contributed by atoms with Gasteiger partial charge in [0.05, 0.1) is 30.5 Å². The van der Waals surface area contributed by atoms with Gasteiger partial charge in [-0.2, -0.15) is 0 Å². The number of carbonyl (C=O) groups is 1. The van der Waals surface area contributed by atoms with Crippen molar-refractivity contribution in [2.45, 2.75) is 4.34 Å². The van der Waals surface area contributed by atoms with Crippen molar-refractivity contribution in [2.24, 2.45) is 0 Å². The number of thiazole rings is 2. The van der Waals surface area contributed by atoms with Crippen LogP contribution in [0, 0.1) is 0 Å². The molecular formula is C16H9Cl2N3OS3. The first kappa shape index (κ1) is 17.1. The molecule has 0 saturated heterocycles. The molecule has 1 amide bonds. The topological polar surface area (TPSA) is 54.9 Å². The Morgan fingerprint density at radius 2 is 1.76 bits per heavy atom. The van der Waals surface area contributed by atoms with Gasteiger partial charge in [-0.25, -0.2) is 9.97 Å². The zero-order chi connectivity index (χ0) is 17.6. The summed E-state index contributed by atoms with van der Waals surface area (Å²) in [7, 11) is 0. The lowest BCUT2D eigenvalue weighted by Gasteiger charge is -2.02. The molecule has 2 heterocycles. The zero-order valence-electron chi connectivity index (χ0n) is 12.7. The van der Waals surface area contributed by atoms with E-state index in [0.717, 1.165) is 24.8 Å². The average Bonchev–Trinajstić information content (AvgIpc) is 3.19. The number of amides is 1. The lowest BCUT2D eigenvalue weighted by atomic mass is 10.2. The number of hydrogen-bond acceptors (Lipinski definition) is 6. The fraction of sp³-hybridized carbons (Fsp3) is 0.0625. The number of carbonyl (C=O) groups excluding carboxylic acids is 1. The second-order valence-corrected chi connectivity index (χ2v) is 8.91. The van der Waals surface area contributed by atoms with Crippen molar-refractivity contribution >= 4 is 89.1 Å². The van der Waals surface area contributed by atoms with Gasteiger partial charge in [0.15, 0.2) is 9.47 Å². The van der Waals surface area contributed by atoms with Crippen LogP contribution in [0.15, 0.2) is 34.7 Å². The van der Waals surface area contributed by atoms with Crippen LogP contribution >= 0.6 is 57.6 Å². The van der Waals surface area contributed by atoms with Crippen molar-refractivity contribution in [1.29, 1.82) is 0 Å². The zero-order valence-corrected chi connectivity index (χ0v) is 16.6. The van der Waals surface area contributed by atoms with E-state index in [9.17, 15) is 4.79 Å². The minimum atomic E-state index is -0.275. The summed E-state index contributed by atoms with van der Waals surface area (Å²) in [6.45, 7) is 0. The van der Waals surface area contributed by atoms with Gasteiger partial charge < -0.3 is 0 Å². The summed E-state index contributed by atoms with van der Waals surface area (Å²) >= 11 is 16.6. The number of benzene rings is 2. The fourth-order valence-corrected chi connectivity index (χ4v) is 5.25. The Balaban J connectivity index is 1.69. The number of nitrogens with zero attached hydrogens (tertiary/aromatic N) is 2. The van der Waals surface area contributed by atoms with Crippen LogP contribution in [0.5, 0.6) is 0 Å². The van der Waals surface area contributed by atoms with Gasteiger partial charge in [0.1, 0.15) is 0 Å².